The first-order valence-electron chi connectivity index (χ1n) is 7.88. The van der Waals surface area contributed by atoms with Gasteiger partial charge in [-0.05, 0) is 56.6 Å². The van der Waals surface area contributed by atoms with Gasteiger partial charge in [-0.1, -0.05) is 32.4 Å². The summed E-state index contributed by atoms with van der Waals surface area (Å²) in [6, 6.07) is 7.33. The van der Waals surface area contributed by atoms with E-state index in [0.717, 1.165) is 45.3 Å². The summed E-state index contributed by atoms with van der Waals surface area (Å²) in [5, 5.41) is 0. The highest BCUT2D eigenvalue weighted by Gasteiger charge is 2.23. The van der Waals surface area contributed by atoms with E-state index in [9.17, 15) is 8.42 Å². The molecule has 21 heavy (non-hydrogen) atoms. The van der Waals surface area contributed by atoms with Crippen molar-refractivity contribution in [1.82, 2.24) is 9.62 Å². The highest BCUT2D eigenvalue weighted by atomic mass is 32.2. The van der Waals surface area contributed by atoms with Crippen molar-refractivity contribution < 1.29 is 8.42 Å². The van der Waals surface area contributed by atoms with Gasteiger partial charge in [0.25, 0.3) is 0 Å². The largest absolute Gasteiger partial charge is 0.303 e. The van der Waals surface area contributed by atoms with E-state index in [1.54, 1.807) is 12.1 Å². The van der Waals surface area contributed by atoms with Crippen LogP contribution in [0.15, 0.2) is 29.2 Å². The molecule has 1 aromatic carbocycles. The first-order chi connectivity index (χ1) is 10.0. The highest BCUT2D eigenvalue weighted by molar-refractivity contribution is 7.89. The molecule has 118 valence electrons. The van der Waals surface area contributed by atoms with Crippen molar-refractivity contribution in [3.63, 3.8) is 0 Å². The third-order valence-corrected chi connectivity index (χ3v) is 5.67. The van der Waals surface area contributed by atoms with Gasteiger partial charge in [0.15, 0.2) is 0 Å². The Bertz CT molecular complexity index is 532. The topological polar surface area (TPSA) is 49.4 Å². The average molecular weight is 310 g/mol. The Labute approximate surface area is 128 Å². The number of sulfonamides is 1. The van der Waals surface area contributed by atoms with Crippen molar-refractivity contribution >= 4 is 10.0 Å². The Morgan fingerprint density at radius 2 is 1.76 bits per heavy atom. The van der Waals surface area contributed by atoms with Gasteiger partial charge in [-0.3, -0.25) is 0 Å². The van der Waals surface area contributed by atoms with Crippen molar-refractivity contribution in [3.05, 3.63) is 29.8 Å². The molecule has 0 radical (unpaired) electrons. The predicted molar refractivity (Wildman–Crippen MR) is 85.9 cm³/mol. The molecule has 1 aliphatic rings. The molecule has 0 saturated carbocycles. The summed E-state index contributed by atoms with van der Waals surface area (Å²) in [5.74, 6) is 0. The van der Waals surface area contributed by atoms with Crippen LogP contribution in [0.2, 0.25) is 0 Å². The van der Waals surface area contributed by atoms with Gasteiger partial charge in [-0.2, -0.15) is 0 Å². The fraction of sp³-hybridized carbons (Fsp3) is 0.625. The fourth-order valence-electron chi connectivity index (χ4n) is 2.78. The van der Waals surface area contributed by atoms with E-state index in [-0.39, 0.29) is 6.04 Å². The molecule has 0 atom stereocenters. The first-order valence-corrected chi connectivity index (χ1v) is 9.37. The van der Waals surface area contributed by atoms with Crippen LogP contribution < -0.4 is 4.72 Å². The van der Waals surface area contributed by atoms with Crippen LogP contribution in [-0.2, 0) is 16.4 Å². The van der Waals surface area contributed by atoms with Gasteiger partial charge in [0, 0.05) is 6.04 Å². The maximum Gasteiger partial charge on any atom is 0.240 e. The SMILES string of the molecule is CCCc1ccc(S(=O)(=O)NC2CCN(CC)CC2)cc1. The number of benzene rings is 1. The Balaban J connectivity index is 1.98. The summed E-state index contributed by atoms with van der Waals surface area (Å²) in [4.78, 5) is 2.73. The van der Waals surface area contributed by atoms with Gasteiger partial charge in [-0.15, -0.1) is 0 Å². The van der Waals surface area contributed by atoms with Crippen LogP contribution in [0.1, 0.15) is 38.7 Å². The van der Waals surface area contributed by atoms with Crippen LogP contribution >= 0.6 is 0 Å². The quantitative estimate of drug-likeness (QED) is 0.878. The second-order valence-corrected chi connectivity index (χ2v) is 7.44. The number of likely N-dealkylation sites (tertiary alicyclic amines) is 1. The van der Waals surface area contributed by atoms with Crippen molar-refractivity contribution in [3.8, 4) is 0 Å². The van der Waals surface area contributed by atoms with E-state index in [1.165, 1.54) is 5.56 Å². The number of hydrogen-bond acceptors (Lipinski definition) is 3. The maximum atomic E-state index is 12.4. The molecule has 1 saturated heterocycles. The second-order valence-electron chi connectivity index (χ2n) is 5.72. The maximum absolute atomic E-state index is 12.4. The molecule has 5 heteroatoms. The molecule has 0 spiro atoms. The van der Waals surface area contributed by atoms with Gasteiger partial charge < -0.3 is 4.90 Å². The van der Waals surface area contributed by atoms with E-state index in [0.29, 0.717) is 4.90 Å². The minimum absolute atomic E-state index is 0.0631. The van der Waals surface area contributed by atoms with Crippen LogP contribution in [0.3, 0.4) is 0 Å². The molecule has 1 heterocycles. The van der Waals surface area contributed by atoms with Crippen molar-refractivity contribution in [2.45, 2.75) is 50.5 Å². The van der Waals surface area contributed by atoms with Crippen LogP contribution in [0.25, 0.3) is 0 Å². The fourth-order valence-corrected chi connectivity index (χ4v) is 4.08. The van der Waals surface area contributed by atoms with Gasteiger partial charge >= 0.3 is 0 Å². The number of aryl methyl sites for hydroxylation is 1. The summed E-state index contributed by atoms with van der Waals surface area (Å²) >= 11 is 0. The molecular weight excluding hydrogens is 284 g/mol. The molecule has 0 aliphatic carbocycles. The van der Waals surface area contributed by atoms with E-state index in [1.807, 2.05) is 12.1 Å². The first kappa shape index (κ1) is 16.5. The van der Waals surface area contributed by atoms with E-state index in [4.69, 9.17) is 0 Å². The Kier molecular flexibility index (Phi) is 5.79. The standard InChI is InChI=1S/C16H26N2O2S/c1-3-5-14-6-8-16(9-7-14)21(19,20)17-15-10-12-18(4-2)13-11-15/h6-9,15,17H,3-5,10-13H2,1-2H3. The van der Waals surface area contributed by atoms with Crippen LogP contribution in [-0.4, -0.2) is 39.0 Å². The van der Waals surface area contributed by atoms with Gasteiger partial charge in [0.1, 0.15) is 0 Å². The zero-order valence-corrected chi connectivity index (χ0v) is 13.8. The van der Waals surface area contributed by atoms with Crippen LogP contribution in [0.4, 0.5) is 0 Å². The van der Waals surface area contributed by atoms with Gasteiger partial charge in [0.2, 0.25) is 10.0 Å². The zero-order chi connectivity index (χ0) is 15.3. The highest BCUT2D eigenvalue weighted by Crippen LogP contribution is 2.16. The Hall–Kier alpha value is -0.910. The third kappa shape index (κ3) is 4.53. The number of nitrogens with one attached hydrogen (secondary N) is 1. The number of nitrogens with zero attached hydrogens (tertiary/aromatic N) is 1. The summed E-state index contributed by atoms with van der Waals surface area (Å²) in [6.07, 6.45) is 3.84. The molecule has 0 aromatic heterocycles. The van der Waals surface area contributed by atoms with E-state index < -0.39 is 10.0 Å². The molecule has 2 rings (SSSR count). The predicted octanol–water partition coefficient (Wildman–Crippen LogP) is 2.40. The minimum atomic E-state index is -3.38. The molecule has 1 N–H and O–H groups in total. The van der Waals surface area contributed by atoms with Gasteiger partial charge in [0.05, 0.1) is 4.90 Å². The van der Waals surface area contributed by atoms with Crippen molar-refractivity contribution in [1.29, 1.82) is 0 Å². The van der Waals surface area contributed by atoms with Crippen LogP contribution in [0.5, 0.6) is 0 Å². The lowest BCUT2D eigenvalue weighted by molar-refractivity contribution is 0.217. The average Bonchev–Trinajstić information content (AvgIpc) is 2.48. The number of rotatable bonds is 6. The summed E-state index contributed by atoms with van der Waals surface area (Å²) in [7, 11) is -3.38. The molecular formula is C16H26N2O2S. The van der Waals surface area contributed by atoms with E-state index in [2.05, 4.69) is 23.5 Å². The molecule has 1 fully saturated rings. The second kappa shape index (κ2) is 7.38. The minimum Gasteiger partial charge on any atom is -0.303 e. The number of hydrogen-bond donors (Lipinski definition) is 1. The third-order valence-electron chi connectivity index (χ3n) is 4.13. The van der Waals surface area contributed by atoms with Gasteiger partial charge in [-0.25, -0.2) is 13.1 Å². The number of piperidine rings is 1. The molecule has 1 aromatic rings. The lowest BCUT2D eigenvalue weighted by Gasteiger charge is -2.31. The zero-order valence-electron chi connectivity index (χ0n) is 13.0. The van der Waals surface area contributed by atoms with E-state index >= 15 is 0 Å². The molecule has 4 nitrogen and oxygen atoms in total. The summed E-state index contributed by atoms with van der Waals surface area (Å²) < 4.78 is 27.6. The summed E-state index contributed by atoms with van der Waals surface area (Å²) in [5.41, 5.74) is 1.19. The molecule has 0 unspecified atom stereocenters. The molecule has 0 amide bonds. The Morgan fingerprint density at radius 3 is 2.29 bits per heavy atom. The molecule has 0 bridgehead atoms. The van der Waals surface area contributed by atoms with Crippen molar-refractivity contribution in [2.24, 2.45) is 0 Å². The lowest BCUT2D eigenvalue weighted by atomic mass is 10.1. The monoisotopic (exact) mass is 310 g/mol. The Morgan fingerprint density at radius 1 is 1.14 bits per heavy atom. The summed E-state index contributed by atoms with van der Waals surface area (Å²) in [6.45, 7) is 7.24. The normalized spacial score (nSPS) is 18.0. The van der Waals surface area contributed by atoms with Crippen LogP contribution in [0, 0.1) is 0 Å². The smallest absolute Gasteiger partial charge is 0.240 e. The van der Waals surface area contributed by atoms with Crippen molar-refractivity contribution in [2.75, 3.05) is 19.6 Å². The molecule has 1 aliphatic heterocycles. The lowest BCUT2D eigenvalue weighted by Crippen LogP contribution is -2.44.